The Hall–Kier alpha value is -0.870. The lowest BCUT2D eigenvalue weighted by Crippen LogP contribution is -2.28. The molecule has 3 nitrogen and oxygen atoms in total. The van der Waals surface area contributed by atoms with Gasteiger partial charge in [0.15, 0.2) is 0 Å². The average Bonchev–Trinajstić information content (AvgIpc) is 2.76. The van der Waals surface area contributed by atoms with Gasteiger partial charge in [-0.1, -0.05) is 13.0 Å². The average molecular weight is 227 g/mol. The third-order valence-electron chi connectivity index (χ3n) is 2.30. The monoisotopic (exact) mass is 227 g/mol. The first-order chi connectivity index (χ1) is 7.27. The molecule has 0 spiro atoms. The summed E-state index contributed by atoms with van der Waals surface area (Å²) < 4.78 is 4.71. The number of nitrogens with one attached hydrogen (secondary N) is 1. The Morgan fingerprint density at radius 1 is 1.67 bits per heavy atom. The first-order valence-corrected chi connectivity index (χ1v) is 5.96. The molecule has 1 N–H and O–H groups in total. The van der Waals surface area contributed by atoms with Crippen molar-refractivity contribution in [3.8, 4) is 0 Å². The molecule has 0 saturated carbocycles. The Labute approximate surface area is 94.5 Å². The Morgan fingerprint density at radius 3 is 3.00 bits per heavy atom. The van der Waals surface area contributed by atoms with Crippen molar-refractivity contribution in [2.75, 3.05) is 13.7 Å². The number of esters is 1. The van der Waals surface area contributed by atoms with Crippen LogP contribution < -0.4 is 5.32 Å². The van der Waals surface area contributed by atoms with Gasteiger partial charge in [0.05, 0.1) is 13.0 Å². The van der Waals surface area contributed by atoms with Gasteiger partial charge in [0.2, 0.25) is 0 Å². The van der Waals surface area contributed by atoms with Crippen LogP contribution in [0.2, 0.25) is 0 Å². The van der Waals surface area contributed by atoms with E-state index in [-0.39, 0.29) is 11.9 Å². The number of hydrogen-bond acceptors (Lipinski definition) is 4. The third kappa shape index (κ3) is 4.01. The maximum Gasteiger partial charge on any atom is 0.309 e. The lowest BCUT2D eigenvalue weighted by atomic mass is 10.1. The zero-order chi connectivity index (χ0) is 11.1. The second-order valence-corrected chi connectivity index (χ2v) is 4.37. The number of hydrogen-bond donors (Lipinski definition) is 1. The van der Waals surface area contributed by atoms with E-state index in [9.17, 15) is 4.79 Å². The van der Waals surface area contributed by atoms with E-state index in [0.29, 0.717) is 6.54 Å². The van der Waals surface area contributed by atoms with Gasteiger partial charge < -0.3 is 10.1 Å². The van der Waals surface area contributed by atoms with Crippen LogP contribution in [-0.4, -0.2) is 19.6 Å². The summed E-state index contributed by atoms with van der Waals surface area (Å²) in [7, 11) is 1.43. The van der Waals surface area contributed by atoms with Gasteiger partial charge in [0, 0.05) is 18.0 Å². The maximum atomic E-state index is 11.3. The summed E-state index contributed by atoms with van der Waals surface area (Å²) in [6.45, 7) is 3.50. The molecule has 84 valence electrons. The molecule has 1 heterocycles. The fourth-order valence-corrected chi connectivity index (χ4v) is 2.02. The third-order valence-corrected chi connectivity index (χ3v) is 3.17. The van der Waals surface area contributed by atoms with Gasteiger partial charge in [-0.2, -0.15) is 0 Å². The molecule has 15 heavy (non-hydrogen) atoms. The highest BCUT2D eigenvalue weighted by molar-refractivity contribution is 7.09. The van der Waals surface area contributed by atoms with Crippen LogP contribution >= 0.6 is 11.3 Å². The van der Waals surface area contributed by atoms with E-state index in [1.807, 2.05) is 13.0 Å². The molecule has 0 aromatic carbocycles. The fourth-order valence-electron chi connectivity index (χ4n) is 1.34. The van der Waals surface area contributed by atoms with Gasteiger partial charge in [0.25, 0.3) is 0 Å². The summed E-state index contributed by atoms with van der Waals surface area (Å²) in [6.07, 6.45) is 0.810. The molecule has 0 bridgehead atoms. The van der Waals surface area contributed by atoms with Gasteiger partial charge in [-0.05, 0) is 17.9 Å². The van der Waals surface area contributed by atoms with E-state index in [1.54, 1.807) is 11.3 Å². The second kappa shape index (κ2) is 6.58. The van der Waals surface area contributed by atoms with Crippen molar-refractivity contribution in [2.24, 2.45) is 5.92 Å². The number of carbonyl (C=O) groups excluding carboxylic acids is 1. The zero-order valence-corrected chi connectivity index (χ0v) is 9.97. The summed E-state index contributed by atoms with van der Waals surface area (Å²) in [4.78, 5) is 12.6. The molecular formula is C11H17NO2S. The first-order valence-electron chi connectivity index (χ1n) is 5.08. The smallest absolute Gasteiger partial charge is 0.309 e. The summed E-state index contributed by atoms with van der Waals surface area (Å²) >= 11 is 1.72. The van der Waals surface area contributed by atoms with Crippen molar-refractivity contribution in [1.29, 1.82) is 0 Å². The van der Waals surface area contributed by atoms with Crippen LogP contribution in [0.3, 0.4) is 0 Å². The van der Waals surface area contributed by atoms with Crippen molar-refractivity contribution < 1.29 is 9.53 Å². The molecular weight excluding hydrogens is 210 g/mol. The lowest BCUT2D eigenvalue weighted by Gasteiger charge is -2.12. The molecule has 0 amide bonds. The van der Waals surface area contributed by atoms with Crippen molar-refractivity contribution in [1.82, 2.24) is 5.32 Å². The minimum Gasteiger partial charge on any atom is -0.469 e. The van der Waals surface area contributed by atoms with Gasteiger partial charge in [-0.3, -0.25) is 4.79 Å². The van der Waals surface area contributed by atoms with E-state index >= 15 is 0 Å². The summed E-state index contributed by atoms with van der Waals surface area (Å²) in [5, 5.41) is 5.31. The number of rotatable bonds is 6. The largest absolute Gasteiger partial charge is 0.469 e. The Morgan fingerprint density at radius 2 is 2.47 bits per heavy atom. The van der Waals surface area contributed by atoms with E-state index in [1.165, 1.54) is 12.0 Å². The van der Waals surface area contributed by atoms with Crippen LogP contribution in [0.5, 0.6) is 0 Å². The molecule has 0 saturated heterocycles. The topological polar surface area (TPSA) is 38.3 Å². The lowest BCUT2D eigenvalue weighted by molar-refractivity contribution is -0.145. The van der Waals surface area contributed by atoms with Crippen molar-refractivity contribution in [3.05, 3.63) is 22.4 Å². The molecule has 4 heteroatoms. The number of thiophene rings is 1. The second-order valence-electron chi connectivity index (χ2n) is 3.34. The highest BCUT2D eigenvalue weighted by atomic mass is 32.1. The quantitative estimate of drug-likeness (QED) is 0.756. The van der Waals surface area contributed by atoms with Crippen LogP contribution in [0.25, 0.3) is 0 Å². The normalized spacial score (nSPS) is 12.4. The Bertz CT molecular complexity index is 285. The van der Waals surface area contributed by atoms with E-state index in [2.05, 4.69) is 16.8 Å². The SMILES string of the molecule is CCC(CNCc1cccs1)C(=O)OC. The number of carbonyl (C=O) groups is 1. The molecule has 1 rings (SSSR count). The van der Waals surface area contributed by atoms with Gasteiger partial charge in [-0.25, -0.2) is 0 Å². The standard InChI is InChI=1S/C11H17NO2S/c1-3-9(11(13)14-2)7-12-8-10-5-4-6-15-10/h4-6,9,12H,3,7-8H2,1-2H3. The van der Waals surface area contributed by atoms with Gasteiger partial charge in [-0.15, -0.1) is 11.3 Å². The van der Waals surface area contributed by atoms with E-state index in [0.717, 1.165) is 13.0 Å². The minimum atomic E-state index is -0.129. The Balaban J connectivity index is 2.26. The van der Waals surface area contributed by atoms with Crippen LogP contribution in [0.1, 0.15) is 18.2 Å². The molecule has 1 aromatic rings. The van der Waals surface area contributed by atoms with Crippen LogP contribution in [0.4, 0.5) is 0 Å². The van der Waals surface area contributed by atoms with Crippen molar-refractivity contribution >= 4 is 17.3 Å². The summed E-state index contributed by atoms with van der Waals surface area (Å²) in [6, 6.07) is 4.11. The molecule has 0 aliphatic carbocycles. The van der Waals surface area contributed by atoms with Gasteiger partial charge >= 0.3 is 5.97 Å². The molecule has 1 atom stereocenters. The molecule has 1 unspecified atom stereocenters. The zero-order valence-electron chi connectivity index (χ0n) is 9.16. The molecule has 1 aromatic heterocycles. The maximum absolute atomic E-state index is 11.3. The first kappa shape index (κ1) is 12.2. The van der Waals surface area contributed by atoms with Crippen molar-refractivity contribution in [3.63, 3.8) is 0 Å². The van der Waals surface area contributed by atoms with E-state index < -0.39 is 0 Å². The highest BCUT2D eigenvalue weighted by Crippen LogP contribution is 2.08. The van der Waals surface area contributed by atoms with Crippen LogP contribution in [0.15, 0.2) is 17.5 Å². The highest BCUT2D eigenvalue weighted by Gasteiger charge is 2.15. The number of ether oxygens (including phenoxy) is 1. The Kier molecular flexibility index (Phi) is 5.36. The molecule has 0 radical (unpaired) electrons. The summed E-state index contributed by atoms with van der Waals surface area (Å²) in [5.74, 6) is -0.161. The van der Waals surface area contributed by atoms with Crippen molar-refractivity contribution in [2.45, 2.75) is 19.9 Å². The molecule has 0 aliphatic rings. The summed E-state index contributed by atoms with van der Waals surface area (Å²) in [5.41, 5.74) is 0. The number of methoxy groups -OCH3 is 1. The minimum absolute atomic E-state index is 0.0324. The predicted molar refractivity (Wildman–Crippen MR) is 61.8 cm³/mol. The molecule has 0 fully saturated rings. The predicted octanol–water partition coefficient (Wildman–Crippen LogP) is 2.04. The van der Waals surface area contributed by atoms with Crippen LogP contribution in [-0.2, 0) is 16.1 Å². The van der Waals surface area contributed by atoms with Crippen LogP contribution in [0, 0.1) is 5.92 Å². The van der Waals surface area contributed by atoms with E-state index in [4.69, 9.17) is 4.74 Å². The molecule has 0 aliphatic heterocycles. The van der Waals surface area contributed by atoms with Gasteiger partial charge in [0.1, 0.15) is 0 Å². The fraction of sp³-hybridized carbons (Fsp3) is 0.545.